The number of unbranched alkanes of at least 4 members (excludes halogenated alkanes) is 33. The van der Waals surface area contributed by atoms with Crippen LogP contribution in [0.15, 0.2) is 109 Å². The van der Waals surface area contributed by atoms with Gasteiger partial charge in [0.2, 0.25) is 0 Å². The molecule has 0 spiro atoms. The van der Waals surface area contributed by atoms with E-state index in [1.54, 1.807) is 0 Å². The van der Waals surface area contributed by atoms with E-state index in [-0.39, 0.29) is 31.1 Å². The van der Waals surface area contributed by atoms with Crippen LogP contribution in [0.2, 0.25) is 0 Å². The van der Waals surface area contributed by atoms with Gasteiger partial charge in [-0.15, -0.1) is 0 Å². The number of esters is 3. The molecule has 0 rings (SSSR count). The molecule has 0 aromatic heterocycles. The molecule has 0 aliphatic heterocycles. The van der Waals surface area contributed by atoms with Crippen LogP contribution in [-0.2, 0) is 28.6 Å². The fraction of sp³-hybridized carbons (Fsp3) is 0.720. The first kappa shape index (κ1) is 77.1. The monoisotopic (exact) mass is 1120 g/mol. The lowest BCUT2D eigenvalue weighted by Gasteiger charge is -2.18. The van der Waals surface area contributed by atoms with E-state index in [0.717, 1.165) is 109 Å². The molecule has 0 aromatic carbocycles. The zero-order chi connectivity index (χ0) is 58.5. The second-order valence-electron chi connectivity index (χ2n) is 22.7. The average molecular weight is 1130 g/mol. The molecule has 0 aromatic rings. The summed E-state index contributed by atoms with van der Waals surface area (Å²) in [6, 6.07) is 0. The van der Waals surface area contributed by atoms with Crippen LogP contribution in [0, 0.1) is 0 Å². The summed E-state index contributed by atoms with van der Waals surface area (Å²) >= 11 is 0. The zero-order valence-electron chi connectivity index (χ0n) is 53.3. The lowest BCUT2D eigenvalue weighted by molar-refractivity contribution is -0.167. The van der Waals surface area contributed by atoms with Crippen LogP contribution in [0.1, 0.15) is 329 Å². The summed E-state index contributed by atoms with van der Waals surface area (Å²) in [7, 11) is 0. The van der Waals surface area contributed by atoms with E-state index >= 15 is 0 Å². The number of ether oxygens (including phenoxy) is 3. The molecule has 0 amide bonds. The number of hydrogen-bond acceptors (Lipinski definition) is 6. The number of carbonyl (C=O) groups is 3. The van der Waals surface area contributed by atoms with Gasteiger partial charge in [-0.25, -0.2) is 0 Å². The molecule has 0 fully saturated rings. The molecule has 81 heavy (non-hydrogen) atoms. The minimum Gasteiger partial charge on any atom is -0.462 e. The molecule has 0 aliphatic rings. The third-order valence-electron chi connectivity index (χ3n) is 14.8. The Labute approximate surface area is 501 Å². The third kappa shape index (κ3) is 66.8. The van der Waals surface area contributed by atoms with Crippen molar-refractivity contribution in [3.63, 3.8) is 0 Å². The van der Waals surface area contributed by atoms with Crippen LogP contribution >= 0.6 is 0 Å². The smallest absolute Gasteiger partial charge is 0.306 e. The van der Waals surface area contributed by atoms with Gasteiger partial charge in [-0.3, -0.25) is 14.4 Å². The number of allylic oxidation sites excluding steroid dienone is 18. The van der Waals surface area contributed by atoms with Crippen molar-refractivity contribution in [1.82, 2.24) is 0 Å². The normalized spacial score (nSPS) is 12.8. The van der Waals surface area contributed by atoms with Crippen molar-refractivity contribution in [3.05, 3.63) is 109 Å². The van der Waals surface area contributed by atoms with Crippen molar-refractivity contribution in [3.8, 4) is 0 Å². The molecular formula is C75H128O6. The van der Waals surface area contributed by atoms with Gasteiger partial charge in [0.15, 0.2) is 6.10 Å². The molecular weight excluding hydrogens is 997 g/mol. The Morgan fingerprint density at radius 2 is 0.481 bits per heavy atom. The topological polar surface area (TPSA) is 78.9 Å². The highest BCUT2D eigenvalue weighted by molar-refractivity contribution is 5.71. The molecule has 0 aliphatic carbocycles. The fourth-order valence-electron chi connectivity index (χ4n) is 9.63. The predicted octanol–water partition coefficient (Wildman–Crippen LogP) is 23.8. The van der Waals surface area contributed by atoms with Gasteiger partial charge in [-0.2, -0.15) is 0 Å². The number of rotatable bonds is 62. The maximum Gasteiger partial charge on any atom is 0.306 e. The molecule has 0 radical (unpaired) electrons. The maximum absolute atomic E-state index is 12.9. The van der Waals surface area contributed by atoms with Crippen LogP contribution in [-0.4, -0.2) is 37.2 Å². The van der Waals surface area contributed by atoms with Crippen molar-refractivity contribution < 1.29 is 28.6 Å². The Balaban J connectivity index is 4.39. The summed E-state index contributed by atoms with van der Waals surface area (Å²) in [6.45, 7) is 6.52. The zero-order valence-corrected chi connectivity index (χ0v) is 53.3. The van der Waals surface area contributed by atoms with Crippen molar-refractivity contribution >= 4 is 17.9 Å². The molecule has 464 valence electrons. The first-order valence-electron chi connectivity index (χ1n) is 34.4. The minimum atomic E-state index is -0.798. The fourth-order valence-corrected chi connectivity index (χ4v) is 9.63. The van der Waals surface area contributed by atoms with Gasteiger partial charge in [0.1, 0.15) is 13.2 Å². The van der Waals surface area contributed by atoms with Crippen molar-refractivity contribution in [2.75, 3.05) is 13.2 Å². The highest BCUT2D eigenvalue weighted by atomic mass is 16.6. The van der Waals surface area contributed by atoms with E-state index in [1.165, 1.54) is 180 Å². The highest BCUT2D eigenvalue weighted by Gasteiger charge is 2.19. The number of hydrogen-bond donors (Lipinski definition) is 0. The van der Waals surface area contributed by atoms with Crippen molar-refractivity contribution in [2.24, 2.45) is 0 Å². The molecule has 6 nitrogen and oxygen atoms in total. The van der Waals surface area contributed by atoms with Gasteiger partial charge in [-0.1, -0.05) is 310 Å². The first-order valence-corrected chi connectivity index (χ1v) is 34.4. The highest BCUT2D eigenvalue weighted by Crippen LogP contribution is 2.17. The molecule has 1 unspecified atom stereocenters. The molecule has 0 heterocycles. The van der Waals surface area contributed by atoms with Crippen molar-refractivity contribution in [2.45, 2.75) is 335 Å². The Kier molecular flexibility index (Phi) is 65.2. The Morgan fingerprint density at radius 3 is 0.790 bits per heavy atom. The standard InChI is InChI=1S/C75H128O6/c1-4-7-10-13-16-19-22-25-27-29-31-33-35-36-37-38-40-41-43-45-47-50-53-56-59-62-65-68-74(77)80-71-72(70-79-73(76)67-64-61-58-55-52-49-24-21-18-15-12-9-6-3)81-75(78)69-66-63-60-57-54-51-48-46-44-42-39-34-32-30-28-26-23-20-17-14-11-8-5-2/h7,10,16,19,25,27,30-33,36-37,40-41,45,47,53,56,72H,4-6,8-9,11-15,17-18,20-24,26,28-29,34-35,38-39,42-44,46,48-52,54-55,57-71H2,1-3H3/b10-7-,19-16-,27-25-,32-30-,33-31-,37-36-,41-40-,47-45-,56-53-. The molecule has 0 saturated carbocycles. The second-order valence-corrected chi connectivity index (χ2v) is 22.7. The molecule has 1 atom stereocenters. The lowest BCUT2D eigenvalue weighted by Crippen LogP contribution is -2.30. The van der Waals surface area contributed by atoms with E-state index in [4.69, 9.17) is 14.2 Å². The molecule has 6 heteroatoms. The second kappa shape index (κ2) is 68.6. The minimum absolute atomic E-state index is 0.0899. The van der Waals surface area contributed by atoms with E-state index in [2.05, 4.69) is 130 Å². The van der Waals surface area contributed by atoms with Gasteiger partial charge in [0.05, 0.1) is 0 Å². The molecule has 0 saturated heterocycles. The summed E-state index contributed by atoms with van der Waals surface area (Å²) in [4.78, 5) is 38.4. The van der Waals surface area contributed by atoms with Crippen LogP contribution < -0.4 is 0 Å². The van der Waals surface area contributed by atoms with Gasteiger partial charge < -0.3 is 14.2 Å². The Hall–Kier alpha value is -3.93. The van der Waals surface area contributed by atoms with Gasteiger partial charge in [-0.05, 0) is 109 Å². The Bertz CT molecular complexity index is 1620. The first-order chi connectivity index (χ1) is 40.0. The summed E-state index contributed by atoms with van der Waals surface area (Å²) in [5.74, 6) is -0.924. The summed E-state index contributed by atoms with van der Waals surface area (Å²) in [5, 5.41) is 0. The van der Waals surface area contributed by atoms with Crippen LogP contribution in [0.5, 0.6) is 0 Å². The summed E-state index contributed by atoms with van der Waals surface area (Å²) < 4.78 is 16.9. The lowest BCUT2D eigenvalue weighted by atomic mass is 10.0. The summed E-state index contributed by atoms with van der Waals surface area (Å²) in [6.07, 6.45) is 93.9. The molecule has 0 bridgehead atoms. The maximum atomic E-state index is 12.9. The van der Waals surface area contributed by atoms with Crippen molar-refractivity contribution in [1.29, 1.82) is 0 Å². The van der Waals surface area contributed by atoms with Crippen LogP contribution in [0.25, 0.3) is 0 Å². The molecule has 0 N–H and O–H groups in total. The van der Waals surface area contributed by atoms with Gasteiger partial charge in [0.25, 0.3) is 0 Å². The van der Waals surface area contributed by atoms with Gasteiger partial charge >= 0.3 is 17.9 Å². The van der Waals surface area contributed by atoms with E-state index in [0.29, 0.717) is 19.3 Å². The van der Waals surface area contributed by atoms with E-state index < -0.39 is 6.10 Å². The van der Waals surface area contributed by atoms with Crippen LogP contribution in [0.3, 0.4) is 0 Å². The number of carbonyl (C=O) groups excluding carboxylic acids is 3. The van der Waals surface area contributed by atoms with Crippen LogP contribution in [0.4, 0.5) is 0 Å². The largest absolute Gasteiger partial charge is 0.462 e. The van der Waals surface area contributed by atoms with E-state index in [9.17, 15) is 14.4 Å². The summed E-state index contributed by atoms with van der Waals surface area (Å²) in [5.41, 5.74) is 0. The van der Waals surface area contributed by atoms with Gasteiger partial charge in [0, 0.05) is 19.3 Å². The van der Waals surface area contributed by atoms with E-state index in [1.807, 2.05) is 0 Å². The Morgan fingerprint density at radius 1 is 0.259 bits per heavy atom. The average Bonchev–Trinajstić information content (AvgIpc) is 3.46. The SMILES string of the molecule is CC/C=C\C/C=C\C/C=C\C/C=C\C/C=C\C/C=C\C/C=C\C/C=C\CCCCC(=O)OCC(COC(=O)CCCCCCCCCCCCCCC)OC(=O)CCCCCCCCCCCCC/C=C\CCCCCCCCCC. The quantitative estimate of drug-likeness (QED) is 0.0261. The predicted molar refractivity (Wildman–Crippen MR) is 353 cm³/mol. The third-order valence-corrected chi connectivity index (χ3v) is 14.8.